The van der Waals surface area contributed by atoms with Gasteiger partial charge in [0, 0.05) is 12.8 Å². The highest BCUT2D eigenvalue weighted by Gasteiger charge is 2.47. The van der Waals surface area contributed by atoms with Crippen molar-refractivity contribution in [3.63, 3.8) is 0 Å². The van der Waals surface area contributed by atoms with Crippen molar-refractivity contribution in [2.45, 2.75) is 275 Å². The van der Waals surface area contributed by atoms with Gasteiger partial charge < -0.3 is 45.1 Å². The molecular weight excluding hydrogens is 931 g/mol. The molecule has 11 nitrogen and oxygen atoms in total. The molecular formula is C63H107NO10. The predicted molar refractivity (Wildman–Crippen MR) is 305 cm³/mol. The standard InChI is InChI=1S/C63H107NO10/c1-4-7-10-13-16-19-22-25-27-28-29-30-32-35-38-41-44-47-50-56(67)62(71)64-54(55(66)49-46-43-40-37-34-31-24-21-18-15-12-9-6-3)53-72-63-61(60(70)59(69)57(52-65)73-63)74-58(68)51-48-45-42-39-36-33-26-23-20-17-14-11-8-5-2/h7,10,16,19,25,27,29-30,33,35-36,38,44,46-47,49,54-57,59-61,63,65-67,69-70H,4-6,8-9,11-15,17-18,20-24,26,28,31-32,34,37,39-43,45,48,50-53H2,1-3H3,(H,64,71)/b10-7-,19-16-,27-25-,30-29-,36-33-,38-35-,47-44-,49-46+. The first-order valence-electron chi connectivity index (χ1n) is 29.5. The van der Waals surface area contributed by atoms with Gasteiger partial charge in [-0.25, -0.2) is 0 Å². The van der Waals surface area contributed by atoms with Crippen molar-refractivity contribution in [2.75, 3.05) is 13.2 Å². The van der Waals surface area contributed by atoms with E-state index in [4.69, 9.17) is 14.2 Å². The van der Waals surface area contributed by atoms with Gasteiger partial charge in [-0.3, -0.25) is 9.59 Å². The van der Waals surface area contributed by atoms with E-state index < -0.39 is 67.4 Å². The van der Waals surface area contributed by atoms with E-state index in [0.717, 1.165) is 83.5 Å². The average Bonchev–Trinajstić information content (AvgIpc) is 3.40. The molecule has 0 aromatic heterocycles. The van der Waals surface area contributed by atoms with Crippen LogP contribution in [0.5, 0.6) is 0 Å². The Labute approximate surface area is 450 Å². The first-order valence-corrected chi connectivity index (χ1v) is 29.5. The smallest absolute Gasteiger partial charge is 0.306 e. The van der Waals surface area contributed by atoms with E-state index in [2.05, 4.69) is 92.9 Å². The first kappa shape index (κ1) is 68.6. The lowest BCUT2D eigenvalue weighted by Gasteiger charge is -2.41. The summed E-state index contributed by atoms with van der Waals surface area (Å²) in [6.07, 6.45) is 56.1. The molecule has 0 spiro atoms. The number of allylic oxidation sites excluding steroid dienone is 14. The van der Waals surface area contributed by atoms with E-state index >= 15 is 0 Å². The zero-order chi connectivity index (χ0) is 54.0. The SMILES string of the molecule is CC/C=C\C/C=C\C/C=C\C/C=C\C/C=C\C/C=C\CC(O)C(=O)NC(COC1OC(CO)C(O)C(O)C1OC(=O)CCCCC/C=C\CCCCCCCCC)C(O)/C=C/CCCCCCCCCCCCC. The lowest BCUT2D eigenvalue weighted by molar-refractivity contribution is -0.305. The fourth-order valence-corrected chi connectivity index (χ4v) is 8.54. The van der Waals surface area contributed by atoms with E-state index in [9.17, 15) is 35.1 Å². The molecule has 74 heavy (non-hydrogen) atoms. The zero-order valence-electron chi connectivity index (χ0n) is 46.7. The third kappa shape index (κ3) is 38.2. The molecule has 11 heteroatoms. The molecule has 1 heterocycles. The summed E-state index contributed by atoms with van der Waals surface area (Å²) in [6.45, 7) is 5.60. The van der Waals surface area contributed by atoms with Crippen LogP contribution in [0.3, 0.4) is 0 Å². The maximum absolute atomic E-state index is 13.4. The fourth-order valence-electron chi connectivity index (χ4n) is 8.54. The van der Waals surface area contributed by atoms with Gasteiger partial charge in [-0.05, 0) is 83.5 Å². The van der Waals surface area contributed by atoms with Crippen molar-refractivity contribution in [1.82, 2.24) is 5.32 Å². The minimum atomic E-state index is -1.64. The summed E-state index contributed by atoms with van der Waals surface area (Å²) in [5.74, 6) is -1.31. The third-order valence-electron chi connectivity index (χ3n) is 13.2. The summed E-state index contributed by atoms with van der Waals surface area (Å²) in [5.41, 5.74) is 0. The summed E-state index contributed by atoms with van der Waals surface area (Å²) >= 11 is 0. The van der Waals surface area contributed by atoms with Crippen molar-refractivity contribution in [1.29, 1.82) is 0 Å². The number of ether oxygens (including phenoxy) is 3. The van der Waals surface area contributed by atoms with E-state index in [1.54, 1.807) is 12.2 Å². The lowest BCUT2D eigenvalue weighted by Crippen LogP contribution is -2.61. The fraction of sp³-hybridized carbons (Fsp3) is 0.714. The number of aliphatic hydroxyl groups excluding tert-OH is 5. The Kier molecular flexibility index (Phi) is 46.7. The van der Waals surface area contributed by atoms with Gasteiger partial charge in [0.25, 0.3) is 0 Å². The number of amides is 1. The summed E-state index contributed by atoms with van der Waals surface area (Å²) < 4.78 is 17.5. The van der Waals surface area contributed by atoms with Gasteiger partial charge in [-0.2, -0.15) is 0 Å². The maximum Gasteiger partial charge on any atom is 0.306 e. The third-order valence-corrected chi connectivity index (χ3v) is 13.2. The van der Waals surface area contributed by atoms with Crippen molar-refractivity contribution >= 4 is 11.9 Å². The summed E-state index contributed by atoms with van der Waals surface area (Å²) in [6, 6.07) is -1.07. The number of carbonyl (C=O) groups excluding carboxylic acids is 2. The Bertz CT molecular complexity index is 1570. The second kappa shape index (κ2) is 50.4. The van der Waals surface area contributed by atoms with Crippen LogP contribution in [0.25, 0.3) is 0 Å². The quantitative estimate of drug-likeness (QED) is 0.0195. The predicted octanol–water partition coefficient (Wildman–Crippen LogP) is 13.6. The van der Waals surface area contributed by atoms with Gasteiger partial charge in [0.2, 0.25) is 5.91 Å². The summed E-state index contributed by atoms with van der Waals surface area (Å²) in [5, 5.41) is 56.7. The number of hydrogen-bond acceptors (Lipinski definition) is 10. The number of carbonyl (C=O) groups is 2. The average molecular weight is 1040 g/mol. The number of aliphatic hydroxyl groups is 5. The van der Waals surface area contributed by atoms with Crippen LogP contribution in [-0.4, -0.2) is 99.6 Å². The molecule has 1 rings (SSSR count). The van der Waals surface area contributed by atoms with Crippen molar-refractivity contribution in [2.24, 2.45) is 0 Å². The van der Waals surface area contributed by atoms with Gasteiger partial charge in [0.1, 0.15) is 24.4 Å². The van der Waals surface area contributed by atoms with Crippen LogP contribution in [0.15, 0.2) is 97.2 Å². The molecule has 6 N–H and O–H groups in total. The van der Waals surface area contributed by atoms with Gasteiger partial charge in [0.05, 0.1) is 25.4 Å². The Hall–Kier alpha value is -3.42. The molecule has 1 saturated heterocycles. The molecule has 0 aromatic carbocycles. The molecule has 1 amide bonds. The normalized spacial score (nSPS) is 20.0. The highest BCUT2D eigenvalue weighted by Crippen LogP contribution is 2.26. The molecule has 8 atom stereocenters. The highest BCUT2D eigenvalue weighted by atomic mass is 16.7. The van der Waals surface area contributed by atoms with Gasteiger partial charge in [-0.1, -0.05) is 227 Å². The molecule has 1 aliphatic rings. The number of nitrogens with one attached hydrogen (secondary N) is 1. The van der Waals surface area contributed by atoms with Gasteiger partial charge in [-0.15, -0.1) is 0 Å². The molecule has 0 bridgehead atoms. The highest BCUT2D eigenvalue weighted by molar-refractivity contribution is 5.81. The Morgan fingerprint density at radius 1 is 0.541 bits per heavy atom. The van der Waals surface area contributed by atoms with Crippen LogP contribution < -0.4 is 5.32 Å². The molecule has 1 fully saturated rings. The second-order valence-corrected chi connectivity index (χ2v) is 20.0. The first-order chi connectivity index (χ1) is 36.2. The van der Waals surface area contributed by atoms with E-state index in [-0.39, 0.29) is 19.4 Å². The minimum absolute atomic E-state index is 0.0525. The number of rotatable bonds is 48. The second-order valence-electron chi connectivity index (χ2n) is 20.0. The van der Waals surface area contributed by atoms with Gasteiger partial charge in [0.15, 0.2) is 12.4 Å². The molecule has 8 unspecified atom stereocenters. The zero-order valence-corrected chi connectivity index (χ0v) is 46.7. The number of esters is 1. The van der Waals surface area contributed by atoms with E-state index in [1.165, 1.54) is 96.3 Å². The van der Waals surface area contributed by atoms with Crippen LogP contribution in [0, 0.1) is 0 Å². The Morgan fingerprint density at radius 2 is 0.973 bits per heavy atom. The topological polar surface area (TPSA) is 175 Å². The molecule has 0 radical (unpaired) electrons. The monoisotopic (exact) mass is 1040 g/mol. The molecule has 0 saturated carbocycles. The largest absolute Gasteiger partial charge is 0.454 e. The van der Waals surface area contributed by atoms with Crippen molar-refractivity contribution in [3.05, 3.63) is 97.2 Å². The number of hydrogen-bond donors (Lipinski definition) is 6. The van der Waals surface area contributed by atoms with Crippen LogP contribution in [0.1, 0.15) is 226 Å². The maximum atomic E-state index is 13.4. The molecule has 0 aliphatic carbocycles. The van der Waals surface area contributed by atoms with E-state index in [1.807, 2.05) is 18.2 Å². The van der Waals surface area contributed by atoms with Crippen LogP contribution in [0.2, 0.25) is 0 Å². The Morgan fingerprint density at radius 3 is 1.45 bits per heavy atom. The molecule has 0 aromatic rings. The van der Waals surface area contributed by atoms with Crippen molar-refractivity contribution in [3.8, 4) is 0 Å². The molecule has 1 aliphatic heterocycles. The van der Waals surface area contributed by atoms with Crippen LogP contribution >= 0.6 is 0 Å². The lowest BCUT2D eigenvalue weighted by atomic mass is 9.99. The van der Waals surface area contributed by atoms with Gasteiger partial charge >= 0.3 is 5.97 Å². The minimum Gasteiger partial charge on any atom is -0.454 e. The van der Waals surface area contributed by atoms with E-state index in [0.29, 0.717) is 12.8 Å². The Balaban J connectivity index is 2.80. The summed E-state index contributed by atoms with van der Waals surface area (Å²) in [7, 11) is 0. The van der Waals surface area contributed by atoms with Crippen LogP contribution in [0.4, 0.5) is 0 Å². The van der Waals surface area contributed by atoms with Crippen LogP contribution in [-0.2, 0) is 23.8 Å². The molecule has 424 valence electrons. The van der Waals surface area contributed by atoms with Crippen molar-refractivity contribution < 1.29 is 49.3 Å². The summed E-state index contributed by atoms with van der Waals surface area (Å²) in [4.78, 5) is 26.4. The number of unbranched alkanes of at least 4 members (excludes halogenated alkanes) is 21.